The van der Waals surface area contributed by atoms with Crippen molar-refractivity contribution in [1.29, 1.82) is 0 Å². The number of rotatable bonds is 9. The van der Waals surface area contributed by atoms with E-state index in [1.54, 1.807) is 55.6 Å². The zero-order valence-corrected chi connectivity index (χ0v) is 22.7. The highest BCUT2D eigenvalue weighted by Gasteiger charge is 2.25. The third kappa shape index (κ3) is 6.19. The summed E-state index contributed by atoms with van der Waals surface area (Å²) in [5, 5.41) is 2.05. The molecule has 5 rings (SSSR count). The minimum Gasteiger partial charge on any atom is -0.497 e. The first-order valence-corrected chi connectivity index (χ1v) is 13.3. The Hall–Kier alpha value is -3.99. The van der Waals surface area contributed by atoms with Crippen LogP contribution in [0.2, 0.25) is 10.0 Å². The molecule has 4 nitrogen and oxygen atoms in total. The van der Waals surface area contributed by atoms with Crippen LogP contribution in [0.5, 0.6) is 5.75 Å². The first kappa shape index (κ1) is 26.6. The van der Waals surface area contributed by atoms with Crippen LogP contribution in [0.1, 0.15) is 45.0 Å². The van der Waals surface area contributed by atoms with Gasteiger partial charge in [0.25, 0.3) is 0 Å². The predicted molar refractivity (Wildman–Crippen MR) is 157 cm³/mol. The monoisotopic (exact) mass is 553 g/mol. The Balaban J connectivity index is 1.61. The van der Waals surface area contributed by atoms with Crippen LogP contribution in [0.15, 0.2) is 103 Å². The maximum absolute atomic E-state index is 13.5. The summed E-state index contributed by atoms with van der Waals surface area (Å²) in [5.74, 6) is 0.155. The van der Waals surface area contributed by atoms with Crippen molar-refractivity contribution in [1.82, 2.24) is 4.98 Å². The van der Waals surface area contributed by atoms with Gasteiger partial charge in [0, 0.05) is 50.9 Å². The van der Waals surface area contributed by atoms with E-state index in [1.807, 2.05) is 48.5 Å². The van der Waals surface area contributed by atoms with Crippen LogP contribution in [0.4, 0.5) is 0 Å². The number of aromatic nitrogens is 1. The molecule has 0 N–H and O–H groups in total. The van der Waals surface area contributed by atoms with Gasteiger partial charge in [0.1, 0.15) is 5.75 Å². The first-order chi connectivity index (χ1) is 18.9. The average Bonchev–Trinajstić information content (AvgIpc) is 2.96. The summed E-state index contributed by atoms with van der Waals surface area (Å²) in [6, 6.07) is 31.2. The summed E-state index contributed by atoms with van der Waals surface area (Å²) in [6.45, 7) is 0. The second-order valence-electron chi connectivity index (χ2n) is 9.31. The molecule has 5 aromatic rings. The van der Waals surface area contributed by atoms with Crippen molar-refractivity contribution in [2.45, 2.75) is 18.8 Å². The number of para-hydroxylation sites is 1. The average molecular weight is 554 g/mol. The fourth-order valence-corrected chi connectivity index (χ4v) is 4.92. The van der Waals surface area contributed by atoms with E-state index in [1.165, 1.54) is 0 Å². The second-order valence-corrected chi connectivity index (χ2v) is 10.2. The van der Waals surface area contributed by atoms with Crippen molar-refractivity contribution in [2.24, 2.45) is 0 Å². The van der Waals surface area contributed by atoms with Gasteiger partial charge in [0.05, 0.1) is 18.3 Å². The highest BCUT2D eigenvalue weighted by atomic mass is 35.5. The largest absolute Gasteiger partial charge is 0.497 e. The number of benzene rings is 4. The number of Topliss-reactive ketones (excluding diaryl/α,β-unsaturated/α-hetero) is 2. The van der Waals surface area contributed by atoms with Crippen LogP contribution in [-0.4, -0.2) is 23.7 Å². The summed E-state index contributed by atoms with van der Waals surface area (Å²) in [7, 11) is 1.62. The van der Waals surface area contributed by atoms with Crippen molar-refractivity contribution in [3.8, 4) is 17.0 Å². The Labute approximate surface area is 237 Å². The Kier molecular flexibility index (Phi) is 8.06. The lowest BCUT2D eigenvalue weighted by atomic mass is 9.83. The Morgan fingerprint density at radius 3 is 1.82 bits per heavy atom. The summed E-state index contributed by atoms with van der Waals surface area (Å²) in [5.41, 5.74) is 4.36. The zero-order valence-electron chi connectivity index (χ0n) is 21.2. The number of ketones is 2. The molecule has 0 radical (unpaired) electrons. The molecule has 0 atom stereocenters. The Morgan fingerprint density at radius 1 is 0.744 bits per heavy atom. The number of carbonyl (C=O) groups is 2. The standard InChI is InChI=1S/C33H25Cl2NO3/c1-39-28-16-10-23(11-17-28)33-29(18-24-4-2-3-5-30(24)36-33)25(19-31(37)21-6-12-26(34)13-7-21)20-32(38)22-8-14-27(35)15-9-22/h2-18,25H,19-20H2,1H3. The molecule has 0 spiro atoms. The van der Waals surface area contributed by atoms with Gasteiger partial charge in [-0.3, -0.25) is 9.59 Å². The summed E-state index contributed by atoms with van der Waals surface area (Å²) >= 11 is 12.1. The minimum absolute atomic E-state index is 0.0746. The maximum Gasteiger partial charge on any atom is 0.163 e. The van der Waals surface area contributed by atoms with E-state index in [0.29, 0.717) is 21.2 Å². The van der Waals surface area contributed by atoms with Gasteiger partial charge in [-0.25, -0.2) is 4.98 Å². The van der Waals surface area contributed by atoms with E-state index in [4.69, 9.17) is 32.9 Å². The minimum atomic E-state index is -0.425. The Bertz CT molecular complexity index is 1570. The summed E-state index contributed by atoms with van der Waals surface area (Å²) in [4.78, 5) is 32.0. The molecule has 0 aliphatic carbocycles. The third-order valence-electron chi connectivity index (χ3n) is 6.75. The van der Waals surface area contributed by atoms with E-state index < -0.39 is 5.92 Å². The van der Waals surface area contributed by atoms with Gasteiger partial charge in [-0.15, -0.1) is 0 Å². The number of ether oxygens (including phenoxy) is 1. The van der Waals surface area contributed by atoms with E-state index in [-0.39, 0.29) is 24.4 Å². The van der Waals surface area contributed by atoms with Gasteiger partial charge in [-0.2, -0.15) is 0 Å². The summed E-state index contributed by atoms with van der Waals surface area (Å²) in [6.07, 6.45) is 0.258. The molecule has 0 aliphatic heterocycles. The number of nitrogens with zero attached hydrogens (tertiary/aromatic N) is 1. The number of halogens is 2. The Morgan fingerprint density at radius 2 is 1.28 bits per heavy atom. The molecule has 0 bridgehead atoms. The maximum atomic E-state index is 13.5. The molecular formula is C33H25Cl2NO3. The van der Waals surface area contributed by atoms with Gasteiger partial charge < -0.3 is 4.74 Å². The molecule has 6 heteroatoms. The number of pyridine rings is 1. The van der Waals surface area contributed by atoms with Crippen molar-refractivity contribution in [2.75, 3.05) is 7.11 Å². The lowest BCUT2D eigenvalue weighted by molar-refractivity contribution is 0.0944. The normalized spacial score (nSPS) is 11.1. The van der Waals surface area contributed by atoms with E-state index in [0.717, 1.165) is 33.5 Å². The van der Waals surface area contributed by atoms with Gasteiger partial charge in [-0.1, -0.05) is 41.4 Å². The SMILES string of the molecule is COc1ccc(-c2nc3ccccc3cc2C(CC(=O)c2ccc(Cl)cc2)CC(=O)c2ccc(Cl)cc2)cc1. The van der Waals surface area contributed by atoms with Gasteiger partial charge in [-0.05, 0) is 90.5 Å². The molecule has 0 unspecified atom stereocenters. The van der Waals surface area contributed by atoms with Crippen LogP contribution in [0.3, 0.4) is 0 Å². The molecule has 1 aromatic heterocycles. The highest BCUT2D eigenvalue weighted by molar-refractivity contribution is 6.31. The predicted octanol–water partition coefficient (Wildman–Crippen LogP) is 8.85. The fourth-order valence-electron chi connectivity index (χ4n) is 4.67. The molecule has 0 saturated carbocycles. The molecule has 194 valence electrons. The number of hydrogen-bond acceptors (Lipinski definition) is 4. The number of fused-ring (bicyclic) bond motifs is 1. The zero-order chi connectivity index (χ0) is 27.4. The van der Waals surface area contributed by atoms with Gasteiger partial charge in [0.15, 0.2) is 11.6 Å². The second kappa shape index (κ2) is 11.8. The number of carbonyl (C=O) groups excluding carboxylic acids is 2. The van der Waals surface area contributed by atoms with Crippen LogP contribution < -0.4 is 4.74 Å². The molecule has 1 heterocycles. The van der Waals surface area contributed by atoms with Gasteiger partial charge >= 0.3 is 0 Å². The van der Waals surface area contributed by atoms with Crippen LogP contribution in [0, 0.1) is 0 Å². The number of methoxy groups -OCH3 is 1. The highest BCUT2D eigenvalue weighted by Crippen LogP contribution is 2.36. The lowest BCUT2D eigenvalue weighted by Gasteiger charge is -2.21. The fraction of sp³-hybridized carbons (Fsp3) is 0.121. The topological polar surface area (TPSA) is 56.3 Å². The summed E-state index contributed by atoms with van der Waals surface area (Å²) < 4.78 is 5.34. The van der Waals surface area contributed by atoms with Crippen molar-refractivity contribution in [3.05, 3.63) is 130 Å². The van der Waals surface area contributed by atoms with E-state index in [2.05, 4.69) is 6.07 Å². The first-order valence-electron chi connectivity index (χ1n) is 12.5. The molecular weight excluding hydrogens is 529 g/mol. The van der Waals surface area contributed by atoms with Crippen LogP contribution >= 0.6 is 23.2 Å². The van der Waals surface area contributed by atoms with Crippen molar-refractivity contribution >= 4 is 45.7 Å². The molecule has 39 heavy (non-hydrogen) atoms. The van der Waals surface area contributed by atoms with Gasteiger partial charge in [0.2, 0.25) is 0 Å². The third-order valence-corrected chi connectivity index (χ3v) is 7.26. The van der Waals surface area contributed by atoms with Crippen molar-refractivity contribution in [3.63, 3.8) is 0 Å². The molecule has 4 aromatic carbocycles. The van der Waals surface area contributed by atoms with E-state index >= 15 is 0 Å². The molecule has 0 fully saturated rings. The molecule has 0 aliphatic rings. The van der Waals surface area contributed by atoms with E-state index in [9.17, 15) is 9.59 Å². The number of hydrogen-bond donors (Lipinski definition) is 0. The quantitative estimate of drug-likeness (QED) is 0.171. The van der Waals surface area contributed by atoms with Crippen molar-refractivity contribution < 1.29 is 14.3 Å². The van der Waals surface area contributed by atoms with Crippen LogP contribution in [-0.2, 0) is 0 Å². The molecule has 0 amide bonds. The lowest BCUT2D eigenvalue weighted by Crippen LogP contribution is -2.14. The smallest absolute Gasteiger partial charge is 0.163 e. The molecule has 0 saturated heterocycles. The van der Waals surface area contributed by atoms with Crippen LogP contribution in [0.25, 0.3) is 22.2 Å².